The Morgan fingerprint density at radius 1 is 1.10 bits per heavy atom. The van der Waals surface area contributed by atoms with Gasteiger partial charge in [0.2, 0.25) is 17.6 Å². The molecule has 4 aromatic rings. The molecule has 1 aliphatic heterocycles. The summed E-state index contributed by atoms with van der Waals surface area (Å²) < 4.78 is 12.6. The van der Waals surface area contributed by atoms with Gasteiger partial charge in [-0.05, 0) is 36.4 Å². The van der Waals surface area contributed by atoms with Crippen molar-refractivity contribution in [3.8, 4) is 28.4 Å². The number of nitrogens with zero attached hydrogens (tertiary/aromatic N) is 5. The van der Waals surface area contributed by atoms with Crippen LogP contribution in [0.15, 0.2) is 65.3 Å². The predicted molar refractivity (Wildman–Crippen MR) is 115 cm³/mol. The first-order valence-electron chi connectivity index (χ1n) is 9.99. The van der Waals surface area contributed by atoms with E-state index in [0.29, 0.717) is 24.7 Å². The number of aromatic nitrogens is 4. The van der Waals surface area contributed by atoms with Gasteiger partial charge in [-0.1, -0.05) is 23.4 Å². The number of anilines is 1. The molecule has 1 fully saturated rings. The summed E-state index contributed by atoms with van der Waals surface area (Å²) in [4.78, 5) is 18.9. The second kappa shape index (κ2) is 7.71. The first kappa shape index (κ1) is 19.0. The van der Waals surface area contributed by atoms with Crippen LogP contribution in [-0.2, 0) is 11.8 Å². The van der Waals surface area contributed by atoms with Crippen LogP contribution in [0.5, 0.6) is 5.75 Å². The monoisotopic (exact) mass is 415 g/mol. The molecule has 5 rings (SSSR count). The van der Waals surface area contributed by atoms with Crippen molar-refractivity contribution in [2.75, 3.05) is 18.6 Å². The average Bonchev–Trinajstić information content (AvgIpc) is 3.53. The summed E-state index contributed by atoms with van der Waals surface area (Å²) in [6.45, 7) is 0.502. The van der Waals surface area contributed by atoms with E-state index >= 15 is 0 Å². The summed E-state index contributed by atoms with van der Waals surface area (Å²) in [5.74, 6) is 1.63. The van der Waals surface area contributed by atoms with Crippen LogP contribution in [0.2, 0.25) is 0 Å². The van der Waals surface area contributed by atoms with Gasteiger partial charge < -0.3 is 14.2 Å². The fraction of sp³-hybridized carbons (Fsp3) is 0.217. The van der Waals surface area contributed by atoms with Crippen LogP contribution in [0.1, 0.15) is 18.2 Å². The maximum absolute atomic E-state index is 12.6. The van der Waals surface area contributed by atoms with Gasteiger partial charge in [0, 0.05) is 43.0 Å². The third kappa shape index (κ3) is 3.56. The molecule has 0 N–H and O–H groups in total. The van der Waals surface area contributed by atoms with Gasteiger partial charge in [-0.2, -0.15) is 10.1 Å². The maximum Gasteiger partial charge on any atom is 0.232 e. The highest BCUT2D eigenvalue weighted by Gasteiger charge is 2.35. The third-order valence-electron chi connectivity index (χ3n) is 5.54. The van der Waals surface area contributed by atoms with Crippen molar-refractivity contribution in [3.63, 3.8) is 0 Å². The third-order valence-corrected chi connectivity index (χ3v) is 5.54. The first-order valence-corrected chi connectivity index (χ1v) is 9.99. The fourth-order valence-corrected chi connectivity index (χ4v) is 3.88. The number of aryl methyl sites for hydroxylation is 1. The van der Waals surface area contributed by atoms with E-state index in [-0.39, 0.29) is 11.8 Å². The number of carbonyl (C=O) groups is 1. The van der Waals surface area contributed by atoms with Gasteiger partial charge in [0.25, 0.3) is 0 Å². The molecule has 0 radical (unpaired) electrons. The summed E-state index contributed by atoms with van der Waals surface area (Å²) >= 11 is 0. The summed E-state index contributed by atoms with van der Waals surface area (Å²) in [6.07, 6.45) is 2.10. The van der Waals surface area contributed by atoms with E-state index in [1.54, 1.807) is 18.2 Å². The van der Waals surface area contributed by atoms with E-state index in [4.69, 9.17) is 9.26 Å². The number of amides is 1. The van der Waals surface area contributed by atoms with E-state index < -0.39 is 0 Å². The van der Waals surface area contributed by atoms with Crippen LogP contribution in [-0.4, -0.2) is 39.5 Å². The molecule has 2 aromatic carbocycles. The average molecular weight is 415 g/mol. The minimum Gasteiger partial charge on any atom is -0.497 e. The Morgan fingerprint density at radius 2 is 1.90 bits per heavy atom. The zero-order chi connectivity index (χ0) is 21.4. The van der Waals surface area contributed by atoms with Crippen molar-refractivity contribution in [1.29, 1.82) is 0 Å². The van der Waals surface area contributed by atoms with Crippen molar-refractivity contribution in [2.24, 2.45) is 7.05 Å². The molecule has 156 valence electrons. The van der Waals surface area contributed by atoms with Crippen molar-refractivity contribution in [3.05, 3.63) is 66.7 Å². The lowest BCUT2D eigenvalue weighted by Gasteiger charge is -2.16. The highest BCUT2D eigenvalue weighted by Crippen LogP contribution is 2.33. The SMILES string of the molecule is COc1ccc(N2C[C@@H](c3nc(-c4cccc(-c5ccnn5C)c4)no3)CC2=O)cc1. The number of hydrogen-bond acceptors (Lipinski definition) is 6. The van der Waals surface area contributed by atoms with Crippen molar-refractivity contribution in [1.82, 2.24) is 19.9 Å². The van der Waals surface area contributed by atoms with Gasteiger partial charge in [-0.3, -0.25) is 9.48 Å². The van der Waals surface area contributed by atoms with Crippen molar-refractivity contribution >= 4 is 11.6 Å². The second-order valence-corrected chi connectivity index (χ2v) is 7.48. The van der Waals surface area contributed by atoms with Gasteiger partial charge in [0.1, 0.15) is 5.75 Å². The summed E-state index contributed by atoms with van der Waals surface area (Å²) in [6, 6.07) is 17.3. The standard InChI is InChI=1S/C23H21N5O3/c1-27-20(10-11-24-27)15-4-3-5-16(12-15)22-25-23(31-26-22)17-13-21(29)28(14-17)18-6-8-19(30-2)9-7-18/h3-12,17H,13-14H2,1-2H3/t17-/m0/s1. The van der Waals surface area contributed by atoms with Crippen LogP contribution in [0.25, 0.3) is 22.6 Å². The van der Waals surface area contributed by atoms with E-state index in [1.165, 1.54) is 0 Å². The van der Waals surface area contributed by atoms with Crippen molar-refractivity contribution < 1.29 is 14.1 Å². The number of rotatable bonds is 5. The predicted octanol–water partition coefficient (Wildman–Crippen LogP) is 3.67. The number of methoxy groups -OCH3 is 1. The first-order chi connectivity index (χ1) is 15.1. The summed E-state index contributed by atoms with van der Waals surface area (Å²) in [5, 5.41) is 8.39. The molecule has 0 unspecified atom stereocenters. The molecule has 3 heterocycles. The van der Waals surface area contributed by atoms with Gasteiger partial charge in [0.05, 0.1) is 18.7 Å². The molecule has 0 bridgehead atoms. The number of benzene rings is 2. The normalized spacial score (nSPS) is 16.1. The molecule has 1 amide bonds. The Kier molecular flexibility index (Phi) is 4.74. The van der Waals surface area contributed by atoms with Gasteiger partial charge in [0.15, 0.2) is 0 Å². The van der Waals surface area contributed by atoms with Gasteiger partial charge in [-0.15, -0.1) is 0 Å². The Balaban J connectivity index is 1.36. The van der Waals surface area contributed by atoms with Crippen LogP contribution in [0.3, 0.4) is 0 Å². The van der Waals surface area contributed by atoms with Crippen molar-refractivity contribution in [2.45, 2.75) is 12.3 Å². The lowest BCUT2D eigenvalue weighted by atomic mass is 10.1. The Bertz CT molecular complexity index is 1230. The molecule has 0 spiro atoms. The van der Waals surface area contributed by atoms with Gasteiger partial charge >= 0.3 is 0 Å². The largest absolute Gasteiger partial charge is 0.497 e. The zero-order valence-corrected chi connectivity index (χ0v) is 17.2. The maximum atomic E-state index is 12.6. The summed E-state index contributed by atoms with van der Waals surface area (Å²) in [5.41, 5.74) is 3.70. The number of hydrogen-bond donors (Lipinski definition) is 0. The summed E-state index contributed by atoms with van der Waals surface area (Å²) in [7, 11) is 3.52. The molecular formula is C23H21N5O3. The molecule has 8 heteroatoms. The van der Waals surface area contributed by atoms with Gasteiger partial charge in [-0.25, -0.2) is 0 Å². The zero-order valence-electron chi connectivity index (χ0n) is 17.2. The van der Waals surface area contributed by atoms with Crippen LogP contribution < -0.4 is 9.64 Å². The number of ether oxygens (including phenoxy) is 1. The minimum atomic E-state index is -0.142. The van der Waals surface area contributed by atoms with Crippen LogP contribution in [0, 0.1) is 0 Å². The van der Waals surface area contributed by atoms with E-state index in [0.717, 1.165) is 28.3 Å². The highest BCUT2D eigenvalue weighted by atomic mass is 16.5. The molecule has 1 atom stereocenters. The fourth-order valence-electron chi connectivity index (χ4n) is 3.88. The quantitative estimate of drug-likeness (QED) is 0.494. The molecule has 0 aliphatic carbocycles. The molecule has 0 saturated carbocycles. The molecule has 31 heavy (non-hydrogen) atoms. The van der Waals surface area contributed by atoms with E-state index in [2.05, 4.69) is 15.2 Å². The molecule has 2 aromatic heterocycles. The second-order valence-electron chi connectivity index (χ2n) is 7.48. The minimum absolute atomic E-state index is 0.0353. The highest BCUT2D eigenvalue weighted by molar-refractivity contribution is 5.96. The van der Waals surface area contributed by atoms with Crippen LogP contribution >= 0.6 is 0 Å². The lowest BCUT2D eigenvalue weighted by molar-refractivity contribution is -0.117. The Morgan fingerprint density at radius 3 is 2.65 bits per heavy atom. The smallest absolute Gasteiger partial charge is 0.232 e. The molecule has 1 saturated heterocycles. The Hall–Kier alpha value is -3.94. The van der Waals surface area contributed by atoms with E-state index in [9.17, 15) is 4.79 Å². The molecule has 8 nitrogen and oxygen atoms in total. The van der Waals surface area contributed by atoms with E-state index in [1.807, 2.05) is 66.3 Å². The Labute approximate surface area is 179 Å². The molecule has 1 aliphatic rings. The lowest BCUT2D eigenvalue weighted by Crippen LogP contribution is -2.24. The number of carbonyl (C=O) groups excluding carboxylic acids is 1. The molecular weight excluding hydrogens is 394 g/mol. The topological polar surface area (TPSA) is 86.3 Å². The van der Waals surface area contributed by atoms with Crippen LogP contribution in [0.4, 0.5) is 5.69 Å².